The molecule has 0 spiro atoms. The molecule has 3 aromatic rings. The quantitative estimate of drug-likeness (QED) is 0.294. The van der Waals surface area contributed by atoms with Crippen LogP contribution in [0.25, 0.3) is 10.4 Å². The van der Waals surface area contributed by atoms with E-state index in [0.29, 0.717) is 16.0 Å². The fourth-order valence-corrected chi connectivity index (χ4v) is 4.83. The van der Waals surface area contributed by atoms with Crippen LogP contribution in [0.3, 0.4) is 0 Å². The number of methoxy groups -OCH3 is 1. The molecule has 196 valence electrons. The Morgan fingerprint density at radius 1 is 0.973 bits per heavy atom. The minimum Gasteiger partial charge on any atom is -0.466 e. The first-order valence-electron chi connectivity index (χ1n) is 11.1. The van der Waals surface area contributed by atoms with Crippen molar-refractivity contribution in [2.45, 2.75) is 32.6 Å². The normalized spacial score (nSPS) is 12.8. The number of carbonyl (C=O) groups is 3. The Labute approximate surface area is 215 Å². The lowest BCUT2D eigenvalue weighted by Gasteiger charge is -2.34. The van der Waals surface area contributed by atoms with Crippen LogP contribution in [0, 0.1) is 13.8 Å². The van der Waals surface area contributed by atoms with Gasteiger partial charge in [0, 0.05) is 10.4 Å². The maximum Gasteiger partial charge on any atom is 0.441 e. The van der Waals surface area contributed by atoms with Crippen LogP contribution in [0.1, 0.15) is 38.8 Å². The molecule has 1 amide bonds. The number of anilines is 1. The van der Waals surface area contributed by atoms with E-state index < -0.39 is 29.7 Å². The van der Waals surface area contributed by atoms with Crippen LogP contribution in [-0.4, -0.2) is 43.4 Å². The number of carbonyl (C=O) groups excluding carboxylic acids is 3. The monoisotopic (exact) mass is 534 g/mol. The van der Waals surface area contributed by atoms with Crippen LogP contribution < -0.4 is 10.6 Å². The standard InChI is InChI=1S/C26H25F3N2O5S/c1-5-36-23(33)19-16(3)20(17-9-7-6-8-10-17)37-22(19)31-25(24(34)35-4,26(27,28)29)30-21(32)18-13-11-15(2)12-14-18/h6-14,31H,5H2,1-4H3,(H,30,32)/t25-/m0/s1. The molecule has 37 heavy (non-hydrogen) atoms. The van der Waals surface area contributed by atoms with E-state index in [1.165, 1.54) is 12.1 Å². The van der Waals surface area contributed by atoms with Gasteiger partial charge in [-0.05, 0) is 44.0 Å². The number of alkyl halides is 3. The lowest BCUT2D eigenvalue weighted by atomic mass is 10.0. The molecule has 11 heteroatoms. The van der Waals surface area contributed by atoms with Gasteiger partial charge in [0.15, 0.2) is 0 Å². The third-order valence-corrected chi connectivity index (χ3v) is 6.75. The fraction of sp³-hybridized carbons (Fsp3) is 0.269. The third-order valence-electron chi connectivity index (χ3n) is 5.49. The van der Waals surface area contributed by atoms with Crippen LogP contribution in [0.5, 0.6) is 0 Å². The average Bonchev–Trinajstić information content (AvgIpc) is 3.18. The van der Waals surface area contributed by atoms with Crippen LogP contribution in [0.2, 0.25) is 0 Å². The predicted octanol–water partition coefficient (Wildman–Crippen LogP) is 5.48. The van der Waals surface area contributed by atoms with Gasteiger partial charge in [-0.2, -0.15) is 13.2 Å². The summed E-state index contributed by atoms with van der Waals surface area (Å²) in [5, 5.41) is 3.58. The van der Waals surface area contributed by atoms with Gasteiger partial charge in [0.2, 0.25) is 0 Å². The van der Waals surface area contributed by atoms with E-state index in [1.54, 1.807) is 68.6 Å². The molecule has 7 nitrogen and oxygen atoms in total. The van der Waals surface area contributed by atoms with Crippen LogP contribution in [0.4, 0.5) is 18.2 Å². The highest BCUT2D eigenvalue weighted by Crippen LogP contribution is 2.43. The summed E-state index contributed by atoms with van der Waals surface area (Å²) in [7, 11) is 0.768. The number of benzene rings is 2. The Bertz CT molecular complexity index is 1290. The van der Waals surface area contributed by atoms with Gasteiger partial charge in [-0.25, -0.2) is 9.59 Å². The van der Waals surface area contributed by atoms with E-state index in [9.17, 15) is 27.6 Å². The van der Waals surface area contributed by atoms with Gasteiger partial charge in [0.05, 0.1) is 19.3 Å². The van der Waals surface area contributed by atoms with Gasteiger partial charge < -0.3 is 20.1 Å². The summed E-state index contributed by atoms with van der Waals surface area (Å²) < 4.78 is 53.6. The molecule has 0 bridgehead atoms. The van der Waals surface area contributed by atoms with Crippen molar-refractivity contribution in [3.05, 3.63) is 76.9 Å². The molecule has 0 aliphatic rings. The van der Waals surface area contributed by atoms with Gasteiger partial charge in [0.25, 0.3) is 5.91 Å². The number of hydrogen-bond donors (Lipinski definition) is 2. The summed E-state index contributed by atoms with van der Waals surface area (Å²) in [6, 6.07) is 14.5. The zero-order valence-corrected chi connectivity index (χ0v) is 21.3. The van der Waals surface area contributed by atoms with Crippen molar-refractivity contribution in [1.82, 2.24) is 5.32 Å². The van der Waals surface area contributed by atoms with Crippen molar-refractivity contribution in [3.63, 3.8) is 0 Å². The second-order valence-electron chi connectivity index (χ2n) is 8.03. The maximum atomic E-state index is 14.7. The molecule has 0 fully saturated rings. The molecule has 1 heterocycles. The molecular weight excluding hydrogens is 509 g/mol. The van der Waals surface area contributed by atoms with E-state index in [-0.39, 0.29) is 22.7 Å². The Balaban J connectivity index is 2.19. The average molecular weight is 535 g/mol. The van der Waals surface area contributed by atoms with Crippen LogP contribution in [-0.2, 0) is 14.3 Å². The molecule has 0 aliphatic carbocycles. The Kier molecular flexibility index (Phi) is 8.27. The van der Waals surface area contributed by atoms with E-state index in [1.807, 2.05) is 0 Å². The minimum atomic E-state index is -5.38. The van der Waals surface area contributed by atoms with Crippen LogP contribution >= 0.6 is 11.3 Å². The zero-order valence-electron chi connectivity index (χ0n) is 20.5. The number of ether oxygens (including phenoxy) is 2. The Morgan fingerprint density at radius 3 is 2.14 bits per heavy atom. The third kappa shape index (κ3) is 5.61. The van der Waals surface area contributed by atoms with E-state index in [2.05, 4.69) is 10.1 Å². The number of amides is 1. The summed E-state index contributed by atoms with van der Waals surface area (Å²) in [4.78, 5) is 39.0. The second-order valence-corrected chi connectivity index (χ2v) is 9.05. The zero-order chi connectivity index (χ0) is 27.4. The van der Waals surface area contributed by atoms with E-state index >= 15 is 0 Å². The molecule has 2 aromatic carbocycles. The number of nitrogens with one attached hydrogen (secondary N) is 2. The maximum absolute atomic E-state index is 14.7. The molecule has 0 saturated heterocycles. The fourth-order valence-electron chi connectivity index (χ4n) is 3.58. The first-order chi connectivity index (χ1) is 17.4. The number of esters is 2. The second kappa shape index (κ2) is 11.0. The molecule has 0 radical (unpaired) electrons. The topological polar surface area (TPSA) is 93.7 Å². The first-order valence-corrected chi connectivity index (χ1v) is 11.9. The van der Waals surface area contributed by atoms with Crippen LogP contribution in [0.15, 0.2) is 54.6 Å². The molecule has 1 aromatic heterocycles. The molecular formula is C26H25F3N2O5S. The first kappa shape index (κ1) is 27.7. The highest BCUT2D eigenvalue weighted by atomic mass is 32.1. The SMILES string of the molecule is CCOC(=O)c1c(N[C@@](NC(=O)c2ccc(C)cc2)(C(=O)OC)C(F)(F)F)sc(-c2ccccc2)c1C. The molecule has 3 rings (SSSR count). The molecule has 1 atom stereocenters. The van der Waals surface area contributed by atoms with Gasteiger partial charge in [-0.15, -0.1) is 11.3 Å². The van der Waals surface area contributed by atoms with E-state index in [4.69, 9.17) is 4.74 Å². The van der Waals surface area contributed by atoms with Gasteiger partial charge >= 0.3 is 23.8 Å². The van der Waals surface area contributed by atoms with Crippen molar-refractivity contribution >= 4 is 34.2 Å². The lowest BCUT2D eigenvalue weighted by Crippen LogP contribution is -2.69. The highest BCUT2D eigenvalue weighted by Gasteiger charge is 2.64. The van der Waals surface area contributed by atoms with Gasteiger partial charge in [-0.3, -0.25) is 4.79 Å². The Morgan fingerprint density at radius 2 is 1.59 bits per heavy atom. The summed E-state index contributed by atoms with van der Waals surface area (Å²) in [5.74, 6) is -3.88. The molecule has 0 aliphatic heterocycles. The number of hydrogen-bond acceptors (Lipinski definition) is 7. The van der Waals surface area contributed by atoms with Crippen molar-refractivity contribution in [2.75, 3.05) is 19.0 Å². The van der Waals surface area contributed by atoms with Crippen molar-refractivity contribution in [2.24, 2.45) is 0 Å². The summed E-state index contributed by atoms with van der Waals surface area (Å²) in [5.41, 5.74) is -2.23. The molecule has 2 N–H and O–H groups in total. The Hall–Kier alpha value is -3.86. The highest BCUT2D eigenvalue weighted by molar-refractivity contribution is 7.20. The number of rotatable bonds is 8. The van der Waals surface area contributed by atoms with Crippen molar-refractivity contribution < 1.29 is 37.0 Å². The molecule has 0 unspecified atom stereocenters. The number of aryl methyl sites for hydroxylation is 1. The predicted molar refractivity (Wildman–Crippen MR) is 134 cm³/mol. The molecule has 0 saturated carbocycles. The smallest absolute Gasteiger partial charge is 0.441 e. The summed E-state index contributed by atoms with van der Waals surface area (Å²) in [6.45, 7) is 4.84. The van der Waals surface area contributed by atoms with Gasteiger partial charge in [0.1, 0.15) is 5.00 Å². The number of halogens is 3. The van der Waals surface area contributed by atoms with Crippen molar-refractivity contribution in [3.8, 4) is 10.4 Å². The van der Waals surface area contributed by atoms with E-state index in [0.717, 1.165) is 24.0 Å². The van der Waals surface area contributed by atoms with Gasteiger partial charge in [-0.1, -0.05) is 48.0 Å². The van der Waals surface area contributed by atoms with Crippen molar-refractivity contribution in [1.29, 1.82) is 0 Å². The minimum absolute atomic E-state index is 0.0280. The summed E-state index contributed by atoms with van der Waals surface area (Å²) >= 11 is 0.818. The largest absolute Gasteiger partial charge is 0.466 e. The summed E-state index contributed by atoms with van der Waals surface area (Å²) in [6.07, 6.45) is -5.38. The number of thiophene rings is 1. The lowest BCUT2D eigenvalue weighted by molar-refractivity contribution is -0.203.